The molecule has 1 aromatic rings. The van der Waals surface area contributed by atoms with Crippen LogP contribution in [0.4, 0.5) is 5.69 Å². The van der Waals surface area contributed by atoms with Gasteiger partial charge in [0.1, 0.15) is 0 Å². The van der Waals surface area contributed by atoms with E-state index in [-0.39, 0.29) is 11.0 Å². The molecule has 0 atom stereocenters. The Morgan fingerprint density at radius 1 is 1.55 bits per heavy atom. The van der Waals surface area contributed by atoms with Crippen molar-refractivity contribution < 1.29 is 4.43 Å². The van der Waals surface area contributed by atoms with Crippen molar-refractivity contribution in [1.82, 2.24) is 9.78 Å². The maximum atomic E-state index is 7.38. The lowest BCUT2D eigenvalue weighted by Gasteiger charge is -2.36. The van der Waals surface area contributed by atoms with Gasteiger partial charge in [0.2, 0.25) is 5.96 Å². The number of rotatable bonds is 5. The van der Waals surface area contributed by atoms with Crippen LogP contribution >= 0.6 is 0 Å². The van der Waals surface area contributed by atoms with Gasteiger partial charge in [-0.25, -0.2) is 4.99 Å². The van der Waals surface area contributed by atoms with Crippen LogP contribution in [0.1, 0.15) is 20.8 Å². The summed E-state index contributed by atoms with van der Waals surface area (Å²) in [6.07, 6.45) is 3.49. The first kappa shape index (κ1) is 16.6. The van der Waals surface area contributed by atoms with Crippen molar-refractivity contribution in [2.45, 2.75) is 45.4 Å². The summed E-state index contributed by atoms with van der Waals surface area (Å²) >= 11 is 0. The van der Waals surface area contributed by atoms with Crippen LogP contribution in [0.25, 0.3) is 0 Å². The summed E-state index contributed by atoms with van der Waals surface area (Å²) in [5.74, 6) is 0.0158. The number of nitrogens with zero attached hydrogens (tertiary/aromatic N) is 3. The van der Waals surface area contributed by atoms with E-state index in [1.807, 2.05) is 6.20 Å². The third-order valence-corrected chi connectivity index (χ3v) is 8.18. The van der Waals surface area contributed by atoms with Gasteiger partial charge >= 0.3 is 0 Å². The molecule has 0 bridgehead atoms. The second-order valence-electron chi connectivity index (χ2n) is 6.23. The molecule has 0 aromatic carbocycles. The van der Waals surface area contributed by atoms with Gasteiger partial charge in [0.25, 0.3) is 0 Å². The first-order valence-corrected chi connectivity index (χ1v) is 9.55. The molecule has 1 rings (SSSR count). The van der Waals surface area contributed by atoms with Crippen LogP contribution in [0.3, 0.4) is 0 Å². The smallest absolute Gasteiger partial charge is 0.219 e. The van der Waals surface area contributed by atoms with Crippen molar-refractivity contribution in [3.63, 3.8) is 0 Å². The molecule has 0 aliphatic carbocycles. The maximum Gasteiger partial charge on any atom is 0.219 e. The summed E-state index contributed by atoms with van der Waals surface area (Å²) in [7, 11) is -1.70. The lowest BCUT2D eigenvalue weighted by atomic mass is 10.2. The van der Waals surface area contributed by atoms with Gasteiger partial charge in [0, 0.05) is 6.20 Å². The average Bonchev–Trinajstić information content (AvgIpc) is 2.75. The van der Waals surface area contributed by atoms with Crippen LogP contribution in [0.15, 0.2) is 17.4 Å². The summed E-state index contributed by atoms with van der Waals surface area (Å²) in [5, 5.41) is 14.6. The number of guanidine groups is 1. The van der Waals surface area contributed by atoms with Crippen molar-refractivity contribution in [1.29, 1.82) is 5.41 Å². The molecule has 1 heterocycles. The zero-order valence-electron chi connectivity index (χ0n) is 13.0. The van der Waals surface area contributed by atoms with Crippen molar-refractivity contribution in [3.05, 3.63) is 12.4 Å². The lowest BCUT2D eigenvalue weighted by Crippen LogP contribution is -2.41. The number of aromatic nitrogens is 2. The second-order valence-corrected chi connectivity index (χ2v) is 11.0. The Kier molecular flexibility index (Phi) is 5.24. The SMILES string of the molecule is C=NC(=N)Nc1cnn(CCO[Si](C)(C)C(C)(C)C)c1. The third kappa shape index (κ3) is 4.57. The molecule has 0 radical (unpaired) electrons. The highest BCUT2D eigenvalue weighted by atomic mass is 28.4. The fourth-order valence-electron chi connectivity index (χ4n) is 1.34. The van der Waals surface area contributed by atoms with Crippen molar-refractivity contribution in [2.24, 2.45) is 4.99 Å². The largest absolute Gasteiger partial charge is 0.415 e. The minimum Gasteiger partial charge on any atom is -0.415 e. The van der Waals surface area contributed by atoms with E-state index in [0.717, 1.165) is 5.69 Å². The van der Waals surface area contributed by atoms with E-state index in [0.29, 0.717) is 13.2 Å². The van der Waals surface area contributed by atoms with Gasteiger partial charge in [-0.15, -0.1) is 0 Å². The number of hydrogen-bond donors (Lipinski definition) is 2. The summed E-state index contributed by atoms with van der Waals surface area (Å²) in [6.45, 7) is 15.8. The van der Waals surface area contributed by atoms with E-state index in [9.17, 15) is 0 Å². The summed E-state index contributed by atoms with van der Waals surface area (Å²) < 4.78 is 7.89. The Morgan fingerprint density at radius 2 is 2.20 bits per heavy atom. The third-order valence-electron chi connectivity index (χ3n) is 3.64. The molecule has 0 aliphatic heterocycles. The Labute approximate surface area is 121 Å². The van der Waals surface area contributed by atoms with Crippen LogP contribution in [0.2, 0.25) is 18.1 Å². The van der Waals surface area contributed by atoms with Crippen LogP contribution in [0, 0.1) is 5.41 Å². The van der Waals surface area contributed by atoms with Gasteiger partial charge in [-0.1, -0.05) is 20.8 Å². The zero-order valence-corrected chi connectivity index (χ0v) is 14.0. The highest BCUT2D eigenvalue weighted by Gasteiger charge is 2.36. The molecule has 0 saturated heterocycles. The Morgan fingerprint density at radius 3 is 2.75 bits per heavy atom. The molecule has 6 nitrogen and oxygen atoms in total. The first-order valence-electron chi connectivity index (χ1n) is 6.64. The van der Waals surface area contributed by atoms with Crippen molar-refractivity contribution in [2.75, 3.05) is 11.9 Å². The summed E-state index contributed by atoms with van der Waals surface area (Å²) in [4.78, 5) is 3.48. The molecule has 0 saturated carbocycles. The molecule has 0 aliphatic rings. The maximum absolute atomic E-state index is 7.38. The fourth-order valence-corrected chi connectivity index (χ4v) is 2.37. The van der Waals surface area contributed by atoms with Gasteiger partial charge in [-0.05, 0) is 24.8 Å². The summed E-state index contributed by atoms with van der Waals surface area (Å²) in [5.41, 5.74) is 0.731. The zero-order chi connectivity index (χ0) is 15.4. The van der Waals surface area contributed by atoms with Gasteiger partial charge in [-0.3, -0.25) is 10.1 Å². The molecular formula is C13H25N5OSi. The van der Waals surface area contributed by atoms with Gasteiger partial charge in [0.15, 0.2) is 8.32 Å². The predicted octanol–water partition coefficient (Wildman–Crippen LogP) is 2.95. The van der Waals surface area contributed by atoms with E-state index >= 15 is 0 Å². The van der Waals surface area contributed by atoms with Gasteiger partial charge in [0.05, 0.1) is 25.0 Å². The number of hydrogen-bond acceptors (Lipinski definition) is 3. The molecule has 0 fully saturated rings. The number of aliphatic imine (C=N–C) groups is 1. The minimum absolute atomic E-state index is 0.0158. The molecule has 7 heteroatoms. The Bertz CT molecular complexity index is 475. The standard InChI is InChI=1S/C13H25N5OSi/c1-13(2,3)20(5,6)19-8-7-18-10-11(9-16-18)17-12(14)15-4/h9-10H,4,7-8H2,1-3,5-6H3,(H2,14,17). The van der Waals surface area contributed by atoms with E-state index in [4.69, 9.17) is 9.84 Å². The van der Waals surface area contributed by atoms with Crippen LogP contribution in [0.5, 0.6) is 0 Å². The van der Waals surface area contributed by atoms with E-state index in [1.54, 1.807) is 10.9 Å². The highest BCUT2D eigenvalue weighted by Crippen LogP contribution is 2.36. The highest BCUT2D eigenvalue weighted by molar-refractivity contribution is 6.74. The fraction of sp³-hybridized carbons (Fsp3) is 0.615. The van der Waals surface area contributed by atoms with Crippen molar-refractivity contribution in [3.8, 4) is 0 Å². The molecule has 2 N–H and O–H groups in total. The number of nitrogens with one attached hydrogen (secondary N) is 2. The molecule has 0 amide bonds. The Hall–Kier alpha value is -1.47. The normalized spacial score (nSPS) is 12.2. The first-order chi connectivity index (χ1) is 9.15. The summed E-state index contributed by atoms with van der Waals surface area (Å²) in [6, 6.07) is 0. The molecular weight excluding hydrogens is 270 g/mol. The van der Waals surface area contributed by atoms with E-state index in [2.05, 4.69) is 56.0 Å². The molecule has 112 valence electrons. The Balaban J connectivity index is 2.47. The van der Waals surface area contributed by atoms with Crippen LogP contribution in [-0.2, 0) is 11.0 Å². The number of anilines is 1. The average molecular weight is 295 g/mol. The van der Waals surface area contributed by atoms with Gasteiger partial charge in [-0.2, -0.15) is 5.10 Å². The van der Waals surface area contributed by atoms with Crippen LogP contribution < -0.4 is 5.32 Å². The lowest BCUT2D eigenvalue weighted by molar-refractivity contribution is 0.266. The predicted molar refractivity (Wildman–Crippen MR) is 86.3 cm³/mol. The second kappa shape index (κ2) is 6.32. The minimum atomic E-state index is -1.70. The van der Waals surface area contributed by atoms with Gasteiger partial charge < -0.3 is 9.74 Å². The van der Waals surface area contributed by atoms with E-state index < -0.39 is 8.32 Å². The quantitative estimate of drug-likeness (QED) is 0.498. The van der Waals surface area contributed by atoms with E-state index in [1.165, 1.54) is 0 Å². The molecule has 20 heavy (non-hydrogen) atoms. The van der Waals surface area contributed by atoms with Crippen LogP contribution in [-0.4, -0.2) is 37.4 Å². The molecule has 0 unspecified atom stereocenters. The molecule has 1 aromatic heterocycles. The van der Waals surface area contributed by atoms with Crippen molar-refractivity contribution >= 4 is 26.7 Å². The molecule has 0 spiro atoms. The monoisotopic (exact) mass is 295 g/mol. The topological polar surface area (TPSA) is 75.3 Å².